The van der Waals surface area contributed by atoms with Crippen molar-refractivity contribution >= 4 is 5.91 Å². The van der Waals surface area contributed by atoms with Crippen LogP contribution in [0.4, 0.5) is 13.2 Å². The first-order valence-electron chi connectivity index (χ1n) is 9.76. The number of nitrogens with zero attached hydrogens (tertiary/aromatic N) is 2. The molecule has 1 aromatic carbocycles. The molecule has 0 bridgehead atoms. The SMILES string of the molecule is NC1CCCC(C(=O)N2CCCN(Cc3ccc(C(F)(F)F)cc3)CC2)C1. The van der Waals surface area contributed by atoms with Crippen molar-refractivity contribution in [1.82, 2.24) is 9.80 Å². The summed E-state index contributed by atoms with van der Waals surface area (Å²) >= 11 is 0. The quantitative estimate of drug-likeness (QED) is 0.872. The molecular formula is C20H28F3N3O. The molecule has 2 unspecified atom stereocenters. The van der Waals surface area contributed by atoms with Crippen molar-refractivity contribution < 1.29 is 18.0 Å². The topological polar surface area (TPSA) is 49.6 Å². The molecule has 2 N–H and O–H groups in total. The van der Waals surface area contributed by atoms with Crippen LogP contribution in [0.3, 0.4) is 0 Å². The van der Waals surface area contributed by atoms with Crippen molar-refractivity contribution in [2.24, 2.45) is 11.7 Å². The Bertz CT molecular complexity index is 632. The second-order valence-corrected chi connectivity index (χ2v) is 7.77. The van der Waals surface area contributed by atoms with E-state index in [1.165, 1.54) is 0 Å². The Hall–Kier alpha value is -1.60. The molecule has 1 aromatic rings. The summed E-state index contributed by atoms with van der Waals surface area (Å²) < 4.78 is 38.0. The van der Waals surface area contributed by atoms with Gasteiger partial charge in [-0.3, -0.25) is 9.69 Å². The molecule has 2 fully saturated rings. The number of rotatable bonds is 3. The van der Waals surface area contributed by atoms with E-state index in [9.17, 15) is 18.0 Å². The summed E-state index contributed by atoms with van der Waals surface area (Å²) in [5.74, 6) is 0.275. The maximum Gasteiger partial charge on any atom is 0.416 e. The maximum atomic E-state index is 12.8. The second kappa shape index (κ2) is 8.61. The lowest BCUT2D eigenvalue weighted by Gasteiger charge is -2.31. The van der Waals surface area contributed by atoms with Crippen LogP contribution < -0.4 is 5.73 Å². The Kier molecular flexibility index (Phi) is 6.42. The van der Waals surface area contributed by atoms with Gasteiger partial charge >= 0.3 is 6.18 Å². The van der Waals surface area contributed by atoms with Crippen molar-refractivity contribution in [2.45, 2.75) is 50.9 Å². The van der Waals surface area contributed by atoms with Gasteiger partial charge in [0.1, 0.15) is 0 Å². The second-order valence-electron chi connectivity index (χ2n) is 7.77. The van der Waals surface area contributed by atoms with Gasteiger partial charge in [0.05, 0.1) is 5.56 Å². The lowest BCUT2D eigenvalue weighted by atomic mass is 9.85. The zero-order valence-corrected chi connectivity index (χ0v) is 15.5. The number of hydrogen-bond acceptors (Lipinski definition) is 3. The predicted octanol–water partition coefficient (Wildman–Crippen LogP) is 3.26. The Morgan fingerprint density at radius 1 is 1.04 bits per heavy atom. The van der Waals surface area contributed by atoms with E-state index in [4.69, 9.17) is 5.73 Å². The van der Waals surface area contributed by atoms with Crippen LogP contribution in [0.2, 0.25) is 0 Å². The molecule has 1 aliphatic carbocycles. The summed E-state index contributed by atoms with van der Waals surface area (Å²) in [6.45, 7) is 3.61. The predicted molar refractivity (Wildman–Crippen MR) is 97.9 cm³/mol. The first kappa shape index (κ1) is 20.1. The molecule has 0 aromatic heterocycles. The average molecular weight is 383 g/mol. The summed E-state index contributed by atoms with van der Waals surface area (Å²) in [4.78, 5) is 17.0. The van der Waals surface area contributed by atoms with Crippen molar-refractivity contribution in [3.63, 3.8) is 0 Å². The van der Waals surface area contributed by atoms with E-state index in [0.29, 0.717) is 13.1 Å². The summed E-state index contributed by atoms with van der Waals surface area (Å²) in [6.07, 6.45) is 0.313. The van der Waals surface area contributed by atoms with Crippen LogP contribution in [0.15, 0.2) is 24.3 Å². The van der Waals surface area contributed by atoms with E-state index >= 15 is 0 Å². The Morgan fingerprint density at radius 3 is 2.44 bits per heavy atom. The van der Waals surface area contributed by atoms with E-state index in [0.717, 1.165) is 69.4 Å². The summed E-state index contributed by atoms with van der Waals surface area (Å²) in [5.41, 5.74) is 6.26. The molecule has 1 aliphatic heterocycles. The number of alkyl halides is 3. The standard InChI is InChI=1S/C20H28F3N3O/c21-20(22,23)17-7-5-15(6-8-17)14-25-9-2-10-26(12-11-25)19(27)16-3-1-4-18(24)13-16/h5-8,16,18H,1-4,9-14,24H2. The van der Waals surface area contributed by atoms with Crippen LogP contribution >= 0.6 is 0 Å². The third-order valence-electron chi connectivity index (χ3n) is 5.65. The highest BCUT2D eigenvalue weighted by Gasteiger charge is 2.31. The van der Waals surface area contributed by atoms with Gasteiger partial charge in [0.25, 0.3) is 0 Å². The molecule has 2 aliphatic rings. The molecule has 0 radical (unpaired) electrons. The van der Waals surface area contributed by atoms with Gasteiger partial charge in [-0.05, 0) is 43.4 Å². The van der Waals surface area contributed by atoms with Crippen LogP contribution in [-0.2, 0) is 17.5 Å². The molecule has 4 nitrogen and oxygen atoms in total. The van der Waals surface area contributed by atoms with Crippen molar-refractivity contribution in [2.75, 3.05) is 26.2 Å². The normalized spacial score (nSPS) is 25.3. The first-order chi connectivity index (χ1) is 12.8. The number of carbonyl (C=O) groups excluding carboxylic acids is 1. The lowest BCUT2D eigenvalue weighted by molar-refractivity contribution is -0.138. The lowest BCUT2D eigenvalue weighted by Crippen LogP contribution is -2.42. The van der Waals surface area contributed by atoms with Crippen molar-refractivity contribution in [1.29, 1.82) is 0 Å². The summed E-state index contributed by atoms with van der Waals surface area (Å²) in [5, 5.41) is 0. The zero-order valence-electron chi connectivity index (χ0n) is 15.5. The minimum atomic E-state index is -4.30. The van der Waals surface area contributed by atoms with Crippen LogP contribution in [0.1, 0.15) is 43.2 Å². The smallest absolute Gasteiger partial charge is 0.341 e. The third-order valence-corrected chi connectivity index (χ3v) is 5.65. The maximum absolute atomic E-state index is 12.8. The molecule has 150 valence electrons. The fourth-order valence-electron chi connectivity index (χ4n) is 4.12. The number of benzene rings is 1. The highest BCUT2D eigenvalue weighted by Crippen LogP contribution is 2.29. The number of nitrogens with two attached hydrogens (primary N) is 1. The molecule has 1 heterocycles. The van der Waals surface area contributed by atoms with Crippen LogP contribution in [0.5, 0.6) is 0 Å². The number of carbonyl (C=O) groups is 1. The Labute approximate surface area is 158 Å². The van der Waals surface area contributed by atoms with Crippen LogP contribution in [-0.4, -0.2) is 47.9 Å². The third kappa shape index (κ3) is 5.45. The molecule has 2 atom stereocenters. The number of amides is 1. The Morgan fingerprint density at radius 2 is 1.78 bits per heavy atom. The number of hydrogen-bond donors (Lipinski definition) is 1. The molecule has 0 spiro atoms. The highest BCUT2D eigenvalue weighted by atomic mass is 19.4. The van der Waals surface area contributed by atoms with E-state index in [1.54, 1.807) is 12.1 Å². The minimum Gasteiger partial charge on any atom is -0.341 e. The monoisotopic (exact) mass is 383 g/mol. The van der Waals surface area contributed by atoms with Gasteiger partial charge in [-0.2, -0.15) is 13.2 Å². The van der Waals surface area contributed by atoms with Crippen LogP contribution in [0, 0.1) is 5.92 Å². The number of halogens is 3. The van der Waals surface area contributed by atoms with Gasteiger partial charge in [-0.1, -0.05) is 18.6 Å². The average Bonchev–Trinajstić information content (AvgIpc) is 2.86. The molecule has 3 rings (SSSR count). The molecule has 1 amide bonds. The fraction of sp³-hybridized carbons (Fsp3) is 0.650. The van der Waals surface area contributed by atoms with E-state index in [2.05, 4.69) is 4.90 Å². The summed E-state index contributed by atoms with van der Waals surface area (Å²) in [7, 11) is 0. The van der Waals surface area contributed by atoms with Gasteiger partial charge in [-0.25, -0.2) is 0 Å². The Balaban J connectivity index is 1.53. The van der Waals surface area contributed by atoms with Crippen molar-refractivity contribution in [3.8, 4) is 0 Å². The zero-order chi connectivity index (χ0) is 19.4. The molecule has 1 saturated heterocycles. The summed E-state index contributed by atoms with van der Waals surface area (Å²) in [6, 6.07) is 5.49. The van der Waals surface area contributed by atoms with E-state index in [-0.39, 0.29) is 17.9 Å². The molecule has 1 saturated carbocycles. The minimum absolute atomic E-state index is 0.0511. The largest absolute Gasteiger partial charge is 0.416 e. The fourth-order valence-corrected chi connectivity index (χ4v) is 4.12. The van der Waals surface area contributed by atoms with Gasteiger partial charge in [0, 0.05) is 44.7 Å². The van der Waals surface area contributed by atoms with Crippen LogP contribution in [0.25, 0.3) is 0 Å². The molecule has 7 heteroatoms. The molecular weight excluding hydrogens is 355 g/mol. The van der Waals surface area contributed by atoms with Gasteiger partial charge < -0.3 is 10.6 Å². The highest BCUT2D eigenvalue weighted by molar-refractivity contribution is 5.79. The van der Waals surface area contributed by atoms with E-state index < -0.39 is 11.7 Å². The van der Waals surface area contributed by atoms with Gasteiger partial charge in [0.2, 0.25) is 5.91 Å². The van der Waals surface area contributed by atoms with E-state index in [1.807, 2.05) is 4.90 Å². The van der Waals surface area contributed by atoms with Crippen molar-refractivity contribution in [3.05, 3.63) is 35.4 Å². The first-order valence-corrected chi connectivity index (χ1v) is 9.76. The van der Waals surface area contributed by atoms with Gasteiger partial charge in [0.15, 0.2) is 0 Å². The van der Waals surface area contributed by atoms with Gasteiger partial charge in [-0.15, -0.1) is 0 Å². The molecule has 27 heavy (non-hydrogen) atoms.